The van der Waals surface area contributed by atoms with Gasteiger partial charge in [0.25, 0.3) is 0 Å². The van der Waals surface area contributed by atoms with Gasteiger partial charge >= 0.3 is 12.2 Å². The van der Waals surface area contributed by atoms with Crippen LogP contribution in [-0.4, -0.2) is 25.0 Å². The van der Waals surface area contributed by atoms with E-state index in [9.17, 15) is 18.0 Å². The molecule has 0 aliphatic rings. The first-order chi connectivity index (χ1) is 7.71. The van der Waals surface area contributed by atoms with Crippen LogP contribution in [0.25, 0.3) is 0 Å². The highest BCUT2D eigenvalue weighted by atomic mass is 35.5. The molecule has 0 fully saturated rings. The highest BCUT2D eigenvalue weighted by molar-refractivity contribution is 6.30. The standard InChI is InChI=1S/C10H10ClF3N2O/c1-16(2)9(17)15-8-4-3-6(11)5-7(8)10(12,13)14/h3-5H,1-2H3,(H,15,17). The number of carbonyl (C=O) groups is 1. The monoisotopic (exact) mass is 266 g/mol. The molecule has 0 aromatic heterocycles. The first kappa shape index (κ1) is 13.6. The van der Waals surface area contributed by atoms with E-state index in [4.69, 9.17) is 11.6 Å². The lowest BCUT2D eigenvalue weighted by atomic mass is 10.1. The third-order valence-corrected chi connectivity index (χ3v) is 2.17. The van der Waals surface area contributed by atoms with Crippen molar-refractivity contribution in [1.82, 2.24) is 4.90 Å². The number of halogens is 4. The second-order valence-corrected chi connectivity index (χ2v) is 3.95. The number of anilines is 1. The molecule has 0 bridgehead atoms. The minimum absolute atomic E-state index is 0.0415. The molecule has 0 aliphatic heterocycles. The van der Waals surface area contributed by atoms with Crippen molar-refractivity contribution in [3.05, 3.63) is 28.8 Å². The van der Waals surface area contributed by atoms with E-state index in [0.717, 1.165) is 17.0 Å². The summed E-state index contributed by atoms with van der Waals surface area (Å²) in [6.07, 6.45) is -4.57. The number of rotatable bonds is 1. The van der Waals surface area contributed by atoms with Gasteiger partial charge in [-0.2, -0.15) is 13.2 Å². The summed E-state index contributed by atoms with van der Waals surface area (Å²) in [5, 5.41) is 2.11. The molecule has 0 unspecified atom stereocenters. The van der Waals surface area contributed by atoms with E-state index in [1.807, 2.05) is 0 Å². The number of benzene rings is 1. The van der Waals surface area contributed by atoms with Crippen molar-refractivity contribution in [2.45, 2.75) is 6.18 Å². The van der Waals surface area contributed by atoms with Crippen LogP contribution in [0.3, 0.4) is 0 Å². The fraction of sp³-hybridized carbons (Fsp3) is 0.300. The Bertz CT molecular complexity index is 432. The van der Waals surface area contributed by atoms with Crippen molar-refractivity contribution in [1.29, 1.82) is 0 Å². The fourth-order valence-corrected chi connectivity index (χ4v) is 1.26. The number of nitrogens with zero attached hydrogens (tertiary/aromatic N) is 1. The summed E-state index contributed by atoms with van der Waals surface area (Å²) in [5.74, 6) is 0. The third kappa shape index (κ3) is 3.52. The largest absolute Gasteiger partial charge is 0.418 e. The van der Waals surface area contributed by atoms with Crippen molar-refractivity contribution in [2.75, 3.05) is 19.4 Å². The topological polar surface area (TPSA) is 32.3 Å². The summed E-state index contributed by atoms with van der Waals surface area (Å²) in [6.45, 7) is 0. The highest BCUT2D eigenvalue weighted by Crippen LogP contribution is 2.36. The maximum Gasteiger partial charge on any atom is 0.418 e. The van der Waals surface area contributed by atoms with Crippen LogP contribution in [-0.2, 0) is 6.18 Å². The Labute approximate surface area is 101 Å². The van der Waals surface area contributed by atoms with Crippen LogP contribution >= 0.6 is 11.6 Å². The zero-order valence-electron chi connectivity index (χ0n) is 9.10. The second kappa shape index (κ2) is 4.83. The molecule has 1 N–H and O–H groups in total. The van der Waals surface area contributed by atoms with Gasteiger partial charge in [0, 0.05) is 19.1 Å². The first-order valence-electron chi connectivity index (χ1n) is 4.57. The molecule has 7 heteroatoms. The van der Waals surface area contributed by atoms with Gasteiger partial charge in [-0.25, -0.2) is 4.79 Å². The number of urea groups is 1. The Morgan fingerprint density at radius 2 is 1.94 bits per heavy atom. The minimum atomic E-state index is -4.57. The molecule has 17 heavy (non-hydrogen) atoms. The average Bonchev–Trinajstić information content (AvgIpc) is 2.18. The van der Waals surface area contributed by atoms with E-state index in [1.165, 1.54) is 20.2 Å². The molecule has 3 nitrogen and oxygen atoms in total. The van der Waals surface area contributed by atoms with Crippen LogP contribution in [0, 0.1) is 0 Å². The van der Waals surface area contributed by atoms with Crippen molar-refractivity contribution in [3.63, 3.8) is 0 Å². The minimum Gasteiger partial charge on any atom is -0.331 e. The van der Waals surface area contributed by atoms with Crippen LogP contribution in [0.4, 0.5) is 23.7 Å². The van der Waals surface area contributed by atoms with Gasteiger partial charge in [-0.05, 0) is 18.2 Å². The number of amides is 2. The van der Waals surface area contributed by atoms with Gasteiger partial charge in [0.15, 0.2) is 0 Å². The summed E-state index contributed by atoms with van der Waals surface area (Å²) in [5.41, 5.74) is -1.29. The van der Waals surface area contributed by atoms with Gasteiger partial charge in [-0.3, -0.25) is 0 Å². The molecule has 0 heterocycles. The average molecular weight is 267 g/mol. The summed E-state index contributed by atoms with van der Waals surface area (Å²) in [4.78, 5) is 12.4. The lowest BCUT2D eigenvalue weighted by Crippen LogP contribution is -2.28. The van der Waals surface area contributed by atoms with Crippen LogP contribution in [0.1, 0.15) is 5.56 Å². The molecule has 0 radical (unpaired) electrons. The van der Waals surface area contributed by atoms with Gasteiger partial charge in [0.2, 0.25) is 0 Å². The smallest absolute Gasteiger partial charge is 0.331 e. The van der Waals surface area contributed by atoms with Crippen LogP contribution in [0.2, 0.25) is 5.02 Å². The Kier molecular flexibility index (Phi) is 3.87. The van der Waals surface area contributed by atoms with E-state index < -0.39 is 17.8 Å². The van der Waals surface area contributed by atoms with E-state index in [-0.39, 0.29) is 10.7 Å². The third-order valence-electron chi connectivity index (χ3n) is 1.93. The summed E-state index contributed by atoms with van der Waals surface area (Å²) >= 11 is 5.50. The van der Waals surface area contributed by atoms with Crippen LogP contribution in [0.15, 0.2) is 18.2 Å². The molecule has 1 aromatic rings. The molecule has 0 aliphatic carbocycles. The van der Waals surface area contributed by atoms with Gasteiger partial charge in [-0.15, -0.1) is 0 Å². The summed E-state index contributed by atoms with van der Waals surface area (Å²) < 4.78 is 38.0. The fourth-order valence-electron chi connectivity index (χ4n) is 1.09. The molecule has 2 amide bonds. The quantitative estimate of drug-likeness (QED) is 0.830. The molecule has 1 rings (SSSR count). The first-order valence-corrected chi connectivity index (χ1v) is 4.94. The zero-order valence-corrected chi connectivity index (χ0v) is 9.86. The lowest BCUT2D eigenvalue weighted by Gasteiger charge is -2.16. The molecule has 0 saturated carbocycles. The SMILES string of the molecule is CN(C)C(=O)Nc1ccc(Cl)cc1C(F)(F)F. The highest BCUT2D eigenvalue weighted by Gasteiger charge is 2.34. The van der Waals surface area contributed by atoms with Gasteiger partial charge in [0.05, 0.1) is 11.3 Å². The van der Waals surface area contributed by atoms with Gasteiger partial charge < -0.3 is 10.2 Å². The van der Waals surface area contributed by atoms with E-state index in [1.54, 1.807) is 0 Å². The normalized spacial score (nSPS) is 11.2. The summed E-state index contributed by atoms with van der Waals surface area (Å²) in [7, 11) is 2.86. The number of hydrogen-bond donors (Lipinski definition) is 1. The predicted molar refractivity (Wildman–Crippen MR) is 59.2 cm³/mol. The zero-order chi connectivity index (χ0) is 13.2. The second-order valence-electron chi connectivity index (χ2n) is 3.51. The predicted octanol–water partition coefficient (Wildman–Crippen LogP) is 3.45. The Balaban J connectivity index is 3.12. The molecule has 0 saturated heterocycles. The number of carbonyl (C=O) groups excluding carboxylic acids is 1. The molecular formula is C10H10ClF3N2O. The Hall–Kier alpha value is -1.43. The van der Waals surface area contributed by atoms with Crippen molar-refractivity contribution < 1.29 is 18.0 Å². The van der Waals surface area contributed by atoms with Gasteiger partial charge in [-0.1, -0.05) is 11.6 Å². The molecule has 0 spiro atoms. The number of hydrogen-bond acceptors (Lipinski definition) is 1. The molecule has 1 aromatic carbocycles. The number of nitrogens with one attached hydrogen (secondary N) is 1. The van der Waals surface area contributed by atoms with Crippen molar-refractivity contribution in [3.8, 4) is 0 Å². The molecule has 0 atom stereocenters. The van der Waals surface area contributed by atoms with E-state index >= 15 is 0 Å². The van der Waals surface area contributed by atoms with Crippen molar-refractivity contribution >= 4 is 23.3 Å². The van der Waals surface area contributed by atoms with Crippen LogP contribution in [0.5, 0.6) is 0 Å². The maximum atomic E-state index is 12.7. The lowest BCUT2D eigenvalue weighted by molar-refractivity contribution is -0.136. The van der Waals surface area contributed by atoms with Crippen LogP contribution < -0.4 is 5.32 Å². The number of alkyl halides is 3. The van der Waals surface area contributed by atoms with Crippen molar-refractivity contribution in [2.24, 2.45) is 0 Å². The van der Waals surface area contributed by atoms with E-state index in [0.29, 0.717) is 0 Å². The van der Waals surface area contributed by atoms with Gasteiger partial charge in [0.1, 0.15) is 0 Å². The molecule has 94 valence electrons. The maximum absolute atomic E-state index is 12.7. The summed E-state index contributed by atoms with van der Waals surface area (Å²) in [6, 6.07) is 2.53. The van der Waals surface area contributed by atoms with E-state index in [2.05, 4.69) is 5.32 Å². The Morgan fingerprint density at radius 3 is 2.41 bits per heavy atom. The molecular weight excluding hydrogens is 257 g/mol. The Morgan fingerprint density at radius 1 is 1.35 bits per heavy atom.